The molecule has 4 N–H and O–H groups in total. The number of anilines is 2. The molecular weight excluding hydrogens is 473 g/mol. The van der Waals surface area contributed by atoms with Gasteiger partial charge in [-0.05, 0) is 43.7 Å². The van der Waals surface area contributed by atoms with E-state index >= 15 is 0 Å². The molecule has 2 aliphatic carbocycles. The molecule has 1 saturated heterocycles. The summed E-state index contributed by atoms with van der Waals surface area (Å²) in [6.07, 6.45) is 7.77. The average molecular weight is 500 g/mol. The Morgan fingerprint density at radius 3 is 2.84 bits per heavy atom. The van der Waals surface area contributed by atoms with E-state index < -0.39 is 0 Å². The smallest absolute Gasteiger partial charge is 0.326 e. The molecule has 8 rings (SSSR count). The van der Waals surface area contributed by atoms with E-state index in [1.807, 2.05) is 6.07 Å². The third kappa shape index (κ3) is 3.26. The van der Waals surface area contributed by atoms with Crippen molar-refractivity contribution in [2.24, 2.45) is 11.7 Å². The van der Waals surface area contributed by atoms with E-state index in [-0.39, 0.29) is 23.9 Å². The number of benzene rings is 1. The van der Waals surface area contributed by atoms with Crippen LogP contribution in [0.3, 0.4) is 0 Å². The number of nitrogens with zero attached hydrogens (tertiary/aromatic N) is 6. The van der Waals surface area contributed by atoms with Gasteiger partial charge in [0, 0.05) is 43.0 Å². The number of nitrogens with two attached hydrogens (primary N) is 1. The van der Waals surface area contributed by atoms with E-state index in [9.17, 15) is 4.39 Å². The normalized spacial score (nSPS) is 23.1. The molecule has 1 aliphatic heterocycles. The highest BCUT2D eigenvalue weighted by Crippen LogP contribution is 2.44. The van der Waals surface area contributed by atoms with Crippen LogP contribution in [0.4, 0.5) is 15.9 Å². The third-order valence-electron chi connectivity index (χ3n) is 8.14. The number of hydrogen-bond donors (Lipinski definition) is 3. The summed E-state index contributed by atoms with van der Waals surface area (Å²) in [4.78, 5) is 19.8. The minimum Gasteiger partial charge on any atom is -0.421 e. The number of halogens is 1. The summed E-state index contributed by atoms with van der Waals surface area (Å²) in [5, 5.41) is 9.26. The van der Waals surface area contributed by atoms with Crippen molar-refractivity contribution in [2.75, 3.05) is 23.8 Å². The van der Waals surface area contributed by atoms with Crippen molar-refractivity contribution >= 4 is 39.1 Å². The molecule has 2 bridgehead atoms. The number of aromatic nitrogens is 6. The number of aromatic amines is 1. The summed E-state index contributed by atoms with van der Waals surface area (Å²) in [6.45, 7) is 0.809. The van der Waals surface area contributed by atoms with Crippen molar-refractivity contribution in [1.29, 1.82) is 0 Å². The second-order valence-corrected chi connectivity index (χ2v) is 10.5. The van der Waals surface area contributed by atoms with E-state index in [0.29, 0.717) is 28.9 Å². The number of fused-ring (bicyclic) bond motifs is 6. The van der Waals surface area contributed by atoms with Crippen LogP contribution in [-0.2, 0) is 0 Å². The van der Waals surface area contributed by atoms with Crippen molar-refractivity contribution in [3.63, 3.8) is 0 Å². The molecule has 11 heteroatoms. The minimum absolute atomic E-state index is 0.198. The SMILES string of the molecule is CNc1cc(F)cc2c1[nH]c1nc(Oc3cnc4cc(C5CC5)nn4c3)nc(N3C[C@H]4C[C@@H]3C[C@H]4N)c12. The van der Waals surface area contributed by atoms with Crippen LogP contribution in [0, 0.1) is 11.7 Å². The van der Waals surface area contributed by atoms with Gasteiger partial charge in [-0.15, -0.1) is 0 Å². The van der Waals surface area contributed by atoms with E-state index in [1.54, 1.807) is 24.0 Å². The number of H-pyrrole nitrogens is 1. The number of hydrogen-bond acceptors (Lipinski definition) is 8. The highest BCUT2D eigenvalue weighted by molar-refractivity contribution is 6.14. The van der Waals surface area contributed by atoms with Gasteiger partial charge in [0.2, 0.25) is 0 Å². The molecule has 0 radical (unpaired) electrons. The Morgan fingerprint density at radius 1 is 1.19 bits per heavy atom. The van der Waals surface area contributed by atoms with Gasteiger partial charge in [-0.25, -0.2) is 13.9 Å². The summed E-state index contributed by atoms with van der Waals surface area (Å²) < 4.78 is 22.5. The van der Waals surface area contributed by atoms with Crippen LogP contribution < -0.4 is 20.7 Å². The molecular formula is C26H26FN9O. The van der Waals surface area contributed by atoms with Crippen molar-refractivity contribution < 1.29 is 9.13 Å². The van der Waals surface area contributed by atoms with Gasteiger partial charge in [-0.1, -0.05) is 0 Å². The molecule has 3 aliphatic rings. The van der Waals surface area contributed by atoms with Crippen LogP contribution in [0.25, 0.3) is 27.6 Å². The van der Waals surface area contributed by atoms with Gasteiger partial charge in [0.25, 0.3) is 0 Å². The molecule has 10 nitrogen and oxygen atoms in total. The van der Waals surface area contributed by atoms with Gasteiger partial charge in [-0.2, -0.15) is 15.1 Å². The lowest BCUT2D eigenvalue weighted by Crippen LogP contribution is -2.41. The van der Waals surface area contributed by atoms with E-state index in [0.717, 1.165) is 52.8 Å². The quantitative estimate of drug-likeness (QED) is 0.333. The lowest BCUT2D eigenvalue weighted by atomic mass is 10.0. The molecule has 0 unspecified atom stereocenters. The fourth-order valence-electron chi connectivity index (χ4n) is 6.14. The van der Waals surface area contributed by atoms with Crippen molar-refractivity contribution in [3.05, 3.63) is 42.1 Å². The predicted octanol–water partition coefficient (Wildman–Crippen LogP) is 3.93. The Labute approximate surface area is 211 Å². The summed E-state index contributed by atoms with van der Waals surface area (Å²) >= 11 is 0. The van der Waals surface area contributed by atoms with Gasteiger partial charge in [0.05, 0.1) is 34.7 Å². The average Bonchev–Trinajstić information content (AvgIpc) is 3.19. The summed E-state index contributed by atoms with van der Waals surface area (Å²) in [6, 6.07) is 5.73. The standard InChI is InChI=1S/C26H26FN9O/c1-29-20-6-14(27)5-17-22-24(31-23(17)20)32-26(33-25(22)35-10-13-4-15(35)7-18(13)28)37-16-9-30-21-8-19(12-2-3-12)34-36(21)11-16/h5-6,8-9,11-13,15,18,29H,2-4,7,10,28H2,1H3,(H,31,32,33)/t13-,15-,18-/m1/s1. The first kappa shape index (κ1) is 21.1. The maximum absolute atomic E-state index is 14.6. The number of ether oxygens (including phenoxy) is 1. The fourth-order valence-corrected chi connectivity index (χ4v) is 6.14. The van der Waals surface area contributed by atoms with E-state index in [1.165, 1.54) is 25.0 Å². The van der Waals surface area contributed by atoms with Crippen molar-refractivity contribution in [2.45, 2.75) is 43.7 Å². The Bertz CT molecular complexity index is 1710. The van der Waals surface area contributed by atoms with Crippen LogP contribution in [0.1, 0.15) is 37.3 Å². The molecule has 3 atom stereocenters. The van der Waals surface area contributed by atoms with Gasteiger partial charge < -0.3 is 25.7 Å². The summed E-state index contributed by atoms with van der Waals surface area (Å²) in [5.41, 5.74) is 10.2. The van der Waals surface area contributed by atoms with E-state index in [2.05, 4.69) is 25.3 Å². The molecule has 2 saturated carbocycles. The number of rotatable bonds is 5. The highest BCUT2D eigenvalue weighted by atomic mass is 19.1. The molecule has 0 spiro atoms. The second-order valence-electron chi connectivity index (χ2n) is 10.5. The lowest BCUT2D eigenvalue weighted by Gasteiger charge is -2.31. The van der Waals surface area contributed by atoms with Crippen molar-refractivity contribution in [1.82, 2.24) is 29.5 Å². The van der Waals surface area contributed by atoms with Gasteiger partial charge in [0.1, 0.15) is 17.3 Å². The third-order valence-corrected chi connectivity index (χ3v) is 8.14. The predicted molar refractivity (Wildman–Crippen MR) is 138 cm³/mol. The first-order valence-electron chi connectivity index (χ1n) is 12.8. The van der Waals surface area contributed by atoms with Crippen LogP contribution >= 0.6 is 0 Å². The topological polar surface area (TPSA) is 122 Å². The van der Waals surface area contributed by atoms with Gasteiger partial charge in [-0.3, -0.25) is 0 Å². The molecule has 5 heterocycles. The fraction of sp³-hybridized carbons (Fsp3) is 0.385. The maximum atomic E-state index is 14.6. The van der Waals surface area contributed by atoms with Crippen molar-refractivity contribution in [3.8, 4) is 11.8 Å². The largest absolute Gasteiger partial charge is 0.421 e. The first-order valence-corrected chi connectivity index (χ1v) is 12.8. The Hall–Kier alpha value is -3.99. The monoisotopic (exact) mass is 499 g/mol. The van der Waals surface area contributed by atoms with Crippen LogP contribution in [0.5, 0.6) is 11.8 Å². The summed E-state index contributed by atoms with van der Waals surface area (Å²) in [5.74, 6) is 1.87. The van der Waals surface area contributed by atoms with Crippen LogP contribution in [0.2, 0.25) is 0 Å². The molecule has 4 aromatic heterocycles. The molecule has 1 aromatic carbocycles. The number of piperidine rings is 1. The number of nitrogens with one attached hydrogen (secondary N) is 2. The zero-order valence-electron chi connectivity index (χ0n) is 20.3. The maximum Gasteiger partial charge on any atom is 0.326 e. The van der Waals surface area contributed by atoms with Gasteiger partial charge >= 0.3 is 6.01 Å². The van der Waals surface area contributed by atoms with Crippen LogP contribution in [-0.4, -0.2) is 55.2 Å². The Morgan fingerprint density at radius 2 is 2.08 bits per heavy atom. The Kier molecular flexibility index (Phi) is 4.29. The van der Waals surface area contributed by atoms with Crippen LogP contribution in [0.15, 0.2) is 30.6 Å². The Balaban J connectivity index is 1.26. The van der Waals surface area contributed by atoms with E-state index in [4.69, 9.17) is 20.4 Å². The zero-order chi connectivity index (χ0) is 24.8. The molecule has 37 heavy (non-hydrogen) atoms. The lowest BCUT2D eigenvalue weighted by molar-refractivity contribution is 0.435. The molecule has 188 valence electrons. The molecule has 5 aromatic rings. The zero-order valence-corrected chi connectivity index (χ0v) is 20.3. The molecule has 0 amide bonds. The molecule has 3 fully saturated rings. The first-order chi connectivity index (χ1) is 18.0. The minimum atomic E-state index is -0.321. The van der Waals surface area contributed by atoms with Gasteiger partial charge in [0.15, 0.2) is 11.4 Å². The highest BCUT2D eigenvalue weighted by Gasteiger charge is 2.44. The second kappa shape index (κ2) is 7.51. The summed E-state index contributed by atoms with van der Waals surface area (Å²) in [7, 11) is 1.77.